The molecule has 0 aromatic heterocycles. The van der Waals surface area contributed by atoms with E-state index in [0.717, 1.165) is 0 Å². The first-order valence-corrected chi connectivity index (χ1v) is 8.72. The summed E-state index contributed by atoms with van der Waals surface area (Å²) in [5.74, 6) is -0.955. The molecule has 1 amide bonds. The van der Waals surface area contributed by atoms with Crippen molar-refractivity contribution in [3.63, 3.8) is 0 Å². The van der Waals surface area contributed by atoms with E-state index >= 15 is 0 Å². The van der Waals surface area contributed by atoms with Crippen LogP contribution in [0.15, 0.2) is 12.7 Å². The molecule has 0 radical (unpaired) electrons. The first kappa shape index (κ1) is 17.8. The van der Waals surface area contributed by atoms with Gasteiger partial charge in [0.05, 0.1) is 11.8 Å². The van der Waals surface area contributed by atoms with Gasteiger partial charge in [0.2, 0.25) is 0 Å². The highest BCUT2D eigenvalue weighted by Gasteiger charge is 2.51. The molecule has 0 spiro atoms. The lowest BCUT2D eigenvalue weighted by Crippen LogP contribution is -2.52. The highest BCUT2D eigenvalue weighted by atomic mass is 32.2. The van der Waals surface area contributed by atoms with Gasteiger partial charge in [0.15, 0.2) is 6.10 Å². The fraction of sp³-hybridized carbons (Fsp3) is 0.688. The fourth-order valence-electron chi connectivity index (χ4n) is 2.90. The molecule has 0 aromatic rings. The van der Waals surface area contributed by atoms with Crippen molar-refractivity contribution in [2.75, 3.05) is 12.5 Å². The second-order valence-electron chi connectivity index (χ2n) is 6.27. The molecule has 0 N–H and O–H groups in total. The SMILES string of the molecule is C=CCOC(=O)[C@H]1N(C(=O)[C@@H]2C[C@@H](CC)C(=O)O2)CSC1(C)C. The van der Waals surface area contributed by atoms with Crippen LogP contribution in [0.2, 0.25) is 0 Å². The Labute approximate surface area is 140 Å². The van der Waals surface area contributed by atoms with Gasteiger partial charge < -0.3 is 14.4 Å². The van der Waals surface area contributed by atoms with Gasteiger partial charge in [-0.25, -0.2) is 4.79 Å². The Kier molecular flexibility index (Phi) is 5.39. The van der Waals surface area contributed by atoms with Gasteiger partial charge in [-0.1, -0.05) is 19.6 Å². The van der Waals surface area contributed by atoms with E-state index in [1.54, 1.807) is 0 Å². The number of cyclic esters (lactones) is 1. The average Bonchev–Trinajstić information content (AvgIpc) is 3.03. The fourth-order valence-corrected chi connectivity index (χ4v) is 4.02. The molecule has 6 nitrogen and oxygen atoms in total. The zero-order valence-electron chi connectivity index (χ0n) is 13.7. The zero-order valence-corrected chi connectivity index (χ0v) is 14.6. The number of amides is 1. The van der Waals surface area contributed by atoms with E-state index in [2.05, 4.69) is 6.58 Å². The molecule has 2 saturated heterocycles. The highest BCUT2D eigenvalue weighted by Crippen LogP contribution is 2.41. The number of carbonyl (C=O) groups is 3. The monoisotopic (exact) mass is 341 g/mol. The summed E-state index contributed by atoms with van der Waals surface area (Å²) in [6, 6.07) is -0.695. The molecule has 2 fully saturated rings. The van der Waals surface area contributed by atoms with E-state index in [9.17, 15) is 14.4 Å². The molecule has 2 aliphatic heterocycles. The predicted octanol–water partition coefficient (Wildman–Crippen LogP) is 1.74. The van der Waals surface area contributed by atoms with Crippen molar-refractivity contribution in [1.29, 1.82) is 0 Å². The molecule has 2 heterocycles. The van der Waals surface area contributed by atoms with Gasteiger partial charge in [-0.2, -0.15) is 0 Å². The second kappa shape index (κ2) is 6.95. The van der Waals surface area contributed by atoms with Crippen LogP contribution < -0.4 is 0 Å². The number of nitrogens with zero attached hydrogens (tertiary/aromatic N) is 1. The zero-order chi connectivity index (χ0) is 17.2. The molecule has 0 aromatic carbocycles. The number of hydrogen-bond acceptors (Lipinski definition) is 6. The largest absolute Gasteiger partial charge is 0.460 e. The average molecular weight is 341 g/mol. The lowest BCUT2D eigenvalue weighted by Gasteiger charge is -2.30. The lowest BCUT2D eigenvalue weighted by molar-refractivity contribution is -0.160. The van der Waals surface area contributed by atoms with Gasteiger partial charge >= 0.3 is 11.9 Å². The minimum absolute atomic E-state index is 0.106. The third-order valence-electron chi connectivity index (χ3n) is 4.25. The normalized spacial score (nSPS) is 29.3. The Morgan fingerprint density at radius 2 is 2.22 bits per heavy atom. The number of carbonyl (C=O) groups excluding carboxylic acids is 3. The molecule has 2 aliphatic rings. The molecule has 23 heavy (non-hydrogen) atoms. The Morgan fingerprint density at radius 1 is 1.52 bits per heavy atom. The quantitative estimate of drug-likeness (QED) is 0.560. The van der Waals surface area contributed by atoms with Crippen LogP contribution >= 0.6 is 11.8 Å². The molecular formula is C16H23NO5S. The predicted molar refractivity (Wildman–Crippen MR) is 86.6 cm³/mol. The topological polar surface area (TPSA) is 72.9 Å². The number of thioether (sulfide) groups is 1. The van der Waals surface area contributed by atoms with Crippen molar-refractivity contribution in [3.8, 4) is 0 Å². The standard InChI is InChI=1S/C16H23NO5S/c1-5-7-21-15(20)12-16(3,4)23-9-17(12)13(18)11-8-10(6-2)14(19)22-11/h5,10-12H,1,6-9H2,2-4H3/t10-,11+,12-/m1/s1. The maximum Gasteiger partial charge on any atom is 0.330 e. The van der Waals surface area contributed by atoms with Crippen molar-refractivity contribution in [3.05, 3.63) is 12.7 Å². The summed E-state index contributed by atoms with van der Waals surface area (Å²) in [5, 5.41) is 0. The van der Waals surface area contributed by atoms with E-state index in [4.69, 9.17) is 9.47 Å². The Hall–Kier alpha value is -1.50. The van der Waals surface area contributed by atoms with Gasteiger partial charge in [-0.05, 0) is 20.3 Å². The maximum absolute atomic E-state index is 12.7. The smallest absolute Gasteiger partial charge is 0.330 e. The summed E-state index contributed by atoms with van der Waals surface area (Å²) >= 11 is 1.51. The van der Waals surface area contributed by atoms with Crippen LogP contribution in [0.4, 0.5) is 0 Å². The van der Waals surface area contributed by atoms with E-state index < -0.39 is 22.9 Å². The van der Waals surface area contributed by atoms with Gasteiger partial charge in [0.25, 0.3) is 5.91 Å². The summed E-state index contributed by atoms with van der Waals surface area (Å²) in [7, 11) is 0. The van der Waals surface area contributed by atoms with Crippen LogP contribution in [0.25, 0.3) is 0 Å². The minimum Gasteiger partial charge on any atom is -0.460 e. The van der Waals surface area contributed by atoms with Gasteiger partial charge in [0, 0.05) is 11.2 Å². The number of rotatable bonds is 5. The van der Waals surface area contributed by atoms with Crippen molar-refractivity contribution in [1.82, 2.24) is 4.90 Å². The molecular weight excluding hydrogens is 318 g/mol. The van der Waals surface area contributed by atoms with Crippen LogP contribution in [0.5, 0.6) is 0 Å². The first-order chi connectivity index (χ1) is 10.8. The van der Waals surface area contributed by atoms with Gasteiger partial charge in [0.1, 0.15) is 12.6 Å². The van der Waals surface area contributed by atoms with E-state index in [0.29, 0.717) is 18.7 Å². The number of hydrogen-bond donors (Lipinski definition) is 0. The summed E-state index contributed by atoms with van der Waals surface area (Å²) in [4.78, 5) is 38.3. The van der Waals surface area contributed by atoms with Gasteiger partial charge in [-0.3, -0.25) is 9.59 Å². The third-order valence-corrected chi connectivity index (χ3v) is 5.63. The van der Waals surface area contributed by atoms with Crippen molar-refractivity contribution in [2.24, 2.45) is 5.92 Å². The molecule has 0 bridgehead atoms. The van der Waals surface area contributed by atoms with E-state index in [1.807, 2.05) is 20.8 Å². The summed E-state index contributed by atoms with van der Waals surface area (Å²) in [6.07, 6.45) is 1.72. The van der Waals surface area contributed by atoms with Gasteiger partial charge in [-0.15, -0.1) is 11.8 Å². The van der Waals surface area contributed by atoms with E-state index in [1.165, 1.54) is 22.7 Å². The number of esters is 2. The molecule has 7 heteroatoms. The van der Waals surface area contributed by atoms with Crippen LogP contribution in [-0.4, -0.2) is 52.1 Å². The Balaban J connectivity index is 2.13. The lowest BCUT2D eigenvalue weighted by atomic mass is 9.99. The molecule has 0 aliphatic carbocycles. The molecule has 0 saturated carbocycles. The van der Waals surface area contributed by atoms with E-state index in [-0.39, 0.29) is 24.4 Å². The highest BCUT2D eigenvalue weighted by molar-refractivity contribution is 8.00. The van der Waals surface area contributed by atoms with Crippen LogP contribution in [0.3, 0.4) is 0 Å². The van der Waals surface area contributed by atoms with Crippen LogP contribution in [0.1, 0.15) is 33.6 Å². The number of ether oxygens (including phenoxy) is 2. The molecule has 3 atom stereocenters. The maximum atomic E-state index is 12.7. The van der Waals surface area contributed by atoms with Crippen LogP contribution in [-0.2, 0) is 23.9 Å². The van der Waals surface area contributed by atoms with Crippen molar-refractivity contribution < 1.29 is 23.9 Å². The summed E-state index contributed by atoms with van der Waals surface area (Å²) in [6.45, 7) is 9.32. The third kappa shape index (κ3) is 3.54. The second-order valence-corrected chi connectivity index (χ2v) is 7.87. The van der Waals surface area contributed by atoms with Crippen molar-refractivity contribution in [2.45, 2.75) is 50.5 Å². The molecule has 128 valence electrons. The van der Waals surface area contributed by atoms with Crippen LogP contribution in [0, 0.1) is 5.92 Å². The molecule has 2 rings (SSSR count). The minimum atomic E-state index is -0.795. The van der Waals surface area contributed by atoms with Crippen molar-refractivity contribution >= 4 is 29.6 Å². The Bertz CT molecular complexity index is 519. The summed E-state index contributed by atoms with van der Waals surface area (Å²) in [5.41, 5.74) is 0. The first-order valence-electron chi connectivity index (χ1n) is 7.74. The molecule has 0 unspecified atom stereocenters. The Morgan fingerprint density at radius 3 is 2.78 bits per heavy atom. The summed E-state index contributed by atoms with van der Waals surface area (Å²) < 4.78 is 9.90.